The number of rotatable bonds is 10. The molecule has 3 rings (SSSR count). The van der Waals surface area contributed by atoms with Gasteiger partial charge >= 0.3 is 30.3 Å². The number of hydrogen-bond donors (Lipinski definition) is 0. The topological polar surface area (TPSA) is 78.9 Å². The minimum atomic E-state index is -6.00. The van der Waals surface area contributed by atoms with E-state index < -0.39 is 58.3 Å². The second-order valence-electron chi connectivity index (χ2n) is 8.75. The average molecular weight is 633 g/mol. The number of ether oxygens (including phenoxy) is 3. The molecule has 6 nitrogen and oxygen atoms in total. The van der Waals surface area contributed by atoms with Crippen molar-refractivity contribution in [1.82, 2.24) is 0 Å². The summed E-state index contributed by atoms with van der Waals surface area (Å²) in [5.74, 6) is -4.93. The fourth-order valence-electron chi connectivity index (χ4n) is 3.97. The first-order chi connectivity index (χ1) is 21.2. The van der Waals surface area contributed by atoms with E-state index in [4.69, 9.17) is 4.74 Å². The second-order valence-corrected chi connectivity index (χ2v) is 8.75. The molecule has 0 saturated heterocycles. The summed E-state index contributed by atoms with van der Waals surface area (Å²) in [6, 6.07) is 14.3. The van der Waals surface area contributed by atoms with Crippen LogP contribution in [0.1, 0.15) is 22.3 Å². The van der Waals surface area contributed by atoms with Crippen LogP contribution in [0.15, 0.2) is 117 Å². The number of para-hydroxylation sites is 2. The summed E-state index contributed by atoms with van der Waals surface area (Å²) in [6.07, 6.45) is -7.94. The van der Waals surface area contributed by atoms with E-state index in [9.17, 15) is 40.7 Å². The van der Waals surface area contributed by atoms with Crippen molar-refractivity contribution in [2.24, 2.45) is 0 Å². The van der Waals surface area contributed by atoms with Gasteiger partial charge in [-0.15, -0.1) is 0 Å². The van der Waals surface area contributed by atoms with E-state index in [-0.39, 0.29) is 6.61 Å². The lowest BCUT2D eigenvalue weighted by molar-refractivity contribution is -0.289. The molecule has 12 heteroatoms. The van der Waals surface area contributed by atoms with Crippen LogP contribution in [0.3, 0.4) is 0 Å². The Morgan fingerprint density at radius 1 is 0.622 bits per heavy atom. The Hall–Kier alpha value is -5.39. The highest BCUT2D eigenvalue weighted by Gasteiger charge is 2.74. The first-order valence-electron chi connectivity index (χ1n) is 12.7. The van der Waals surface area contributed by atoms with Gasteiger partial charge in [-0.2, -0.15) is 26.3 Å². The van der Waals surface area contributed by atoms with E-state index in [2.05, 4.69) is 35.8 Å². The summed E-state index contributed by atoms with van der Waals surface area (Å²) in [7, 11) is 0. The molecule has 0 fully saturated rings. The first kappa shape index (κ1) is 35.8. The van der Waals surface area contributed by atoms with Gasteiger partial charge in [0, 0.05) is 29.4 Å². The molecular weight excluding hydrogens is 606 g/mol. The van der Waals surface area contributed by atoms with Crippen LogP contribution in [0.2, 0.25) is 0 Å². The van der Waals surface area contributed by atoms with Gasteiger partial charge in [-0.05, 0) is 29.3 Å². The molecule has 0 aliphatic rings. The zero-order valence-electron chi connectivity index (χ0n) is 23.5. The number of esters is 3. The van der Waals surface area contributed by atoms with Gasteiger partial charge in [0.1, 0.15) is 18.1 Å². The summed E-state index contributed by atoms with van der Waals surface area (Å²) in [6.45, 7) is 13.4. The maximum atomic E-state index is 14.4. The highest BCUT2D eigenvalue weighted by Crippen LogP contribution is 2.59. The Morgan fingerprint density at radius 2 is 1.07 bits per heavy atom. The third-order valence-electron chi connectivity index (χ3n) is 5.92. The zero-order valence-corrected chi connectivity index (χ0v) is 23.5. The SMILES string of the molecule is C=CC(=O)OCc1cccc(C=C)c1.C=CC(=O)Oc1ccccc1C(c1ccccc1OC(=O)C=C)(C(F)(F)F)C(F)(F)F. The van der Waals surface area contributed by atoms with Gasteiger partial charge in [-0.25, -0.2) is 14.4 Å². The minimum Gasteiger partial charge on any atom is -0.458 e. The predicted molar refractivity (Wildman–Crippen MR) is 154 cm³/mol. The van der Waals surface area contributed by atoms with Gasteiger partial charge < -0.3 is 14.2 Å². The molecule has 236 valence electrons. The van der Waals surface area contributed by atoms with Crippen molar-refractivity contribution in [2.75, 3.05) is 0 Å². The number of alkyl halides is 6. The van der Waals surface area contributed by atoms with Crippen molar-refractivity contribution in [3.8, 4) is 11.5 Å². The Bertz CT molecular complexity index is 1490. The lowest BCUT2D eigenvalue weighted by atomic mass is 9.72. The number of hydrogen-bond acceptors (Lipinski definition) is 6. The Balaban J connectivity index is 0.000000420. The molecule has 0 unspecified atom stereocenters. The molecule has 45 heavy (non-hydrogen) atoms. The molecule has 0 spiro atoms. The molecule has 0 atom stereocenters. The molecular formula is C33H26F6O6. The maximum absolute atomic E-state index is 14.4. The Labute approximate surface area is 254 Å². The lowest BCUT2D eigenvalue weighted by Crippen LogP contribution is -2.55. The normalized spacial score (nSPS) is 11.2. The molecule has 0 aliphatic heterocycles. The van der Waals surface area contributed by atoms with E-state index >= 15 is 0 Å². The van der Waals surface area contributed by atoms with E-state index in [0.29, 0.717) is 24.3 Å². The fourth-order valence-corrected chi connectivity index (χ4v) is 3.97. The van der Waals surface area contributed by atoms with Crippen molar-refractivity contribution in [3.63, 3.8) is 0 Å². The Morgan fingerprint density at radius 3 is 1.47 bits per heavy atom. The van der Waals surface area contributed by atoms with Crippen LogP contribution >= 0.6 is 0 Å². The minimum absolute atomic E-state index is 0.270. The van der Waals surface area contributed by atoms with Crippen LogP contribution in [0.5, 0.6) is 11.5 Å². The molecule has 3 aromatic rings. The van der Waals surface area contributed by atoms with Crippen LogP contribution < -0.4 is 9.47 Å². The smallest absolute Gasteiger partial charge is 0.411 e. The van der Waals surface area contributed by atoms with E-state index in [1.54, 1.807) is 6.08 Å². The largest absolute Gasteiger partial charge is 0.458 e. The first-order valence-corrected chi connectivity index (χ1v) is 12.7. The van der Waals surface area contributed by atoms with Gasteiger partial charge in [0.15, 0.2) is 0 Å². The molecule has 0 heterocycles. The van der Waals surface area contributed by atoms with Gasteiger partial charge in [0.2, 0.25) is 5.41 Å². The lowest BCUT2D eigenvalue weighted by Gasteiger charge is -2.39. The zero-order chi connectivity index (χ0) is 33.8. The van der Waals surface area contributed by atoms with Gasteiger partial charge in [-0.3, -0.25) is 0 Å². The molecule has 0 N–H and O–H groups in total. The summed E-state index contributed by atoms with van der Waals surface area (Å²) in [4.78, 5) is 33.9. The summed E-state index contributed by atoms with van der Waals surface area (Å²) in [5, 5.41) is 0. The molecule has 0 aliphatic carbocycles. The molecule has 0 amide bonds. The number of halogens is 6. The van der Waals surface area contributed by atoms with Crippen LogP contribution in [0, 0.1) is 0 Å². The van der Waals surface area contributed by atoms with Crippen molar-refractivity contribution in [3.05, 3.63) is 140 Å². The third kappa shape index (κ3) is 8.59. The highest BCUT2D eigenvalue weighted by atomic mass is 19.4. The van der Waals surface area contributed by atoms with Crippen molar-refractivity contribution in [1.29, 1.82) is 0 Å². The van der Waals surface area contributed by atoms with E-state index in [1.165, 1.54) is 0 Å². The maximum Gasteiger partial charge on any atom is 0.411 e. The van der Waals surface area contributed by atoms with Crippen LogP contribution in [-0.4, -0.2) is 30.3 Å². The van der Waals surface area contributed by atoms with Crippen LogP contribution in [0.4, 0.5) is 26.3 Å². The summed E-state index contributed by atoms with van der Waals surface area (Å²) in [5.41, 5.74) is -5.61. The third-order valence-corrected chi connectivity index (χ3v) is 5.92. The van der Waals surface area contributed by atoms with Gasteiger partial charge in [-0.1, -0.05) is 87.0 Å². The number of carbonyl (C=O) groups excluding carboxylic acids is 3. The quantitative estimate of drug-likeness (QED) is 0.0981. The molecule has 0 bridgehead atoms. The highest BCUT2D eigenvalue weighted by molar-refractivity contribution is 5.84. The summed E-state index contributed by atoms with van der Waals surface area (Å²) >= 11 is 0. The summed E-state index contributed by atoms with van der Waals surface area (Å²) < 4.78 is 101. The standard InChI is InChI=1S/C21H14F6O4.C12H12O2/c1-3-17(28)30-15-11-7-5-9-13(15)19(20(22,23)24,21(25,26)27)14-10-6-8-12-16(14)31-18(29)4-2;1-3-10-6-5-7-11(8-10)9-14-12(13)4-2/h3-12H,1-2H2;3-8H,1-2,9H2. The van der Waals surface area contributed by atoms with Crippen LogP contribution in [-0.2, 0) is 31.1 Å². The second kappa shape index (κ2) is 15.4. The van der Waals surface area contributed by atoms with Gasteiger partial charge in [0.25, 0.3) is 0 Å². The van der Waals surface area contributed by atoms with Crippen LogP contribution in [0.25, 0.3) is 6.08 Å². The Kier molecular flexibility index (Phi) is 12.2. The average Bonchev–Trinajstić information content (AvgIpc) is 3.00. The van der Waals surface area contributed by atoms with E-state index in [0.717, 1.165) is 53.6 Å². The monoisotopic (exact) mass is 632 g/mol. The van der Waals surface area contributed by atoms with E-state index in [1.807, 2.05) is 24.3 Å². The molecule has 3 aromatic carbocycles. The van der Waals surface area contributed by atoms with Crippen molar-refractivity contribution < 1.29 is 54.9 Å². The molecule has 0 aromatic heterocycles. The molecule has 0 radical (unpaired) electrons. The van der Waals surface area contributed by atoms with Gasteiger partial charge in [0.05, 0.1) is 0 Å². The predicted octanol–water partition coefficient (Wildman–Crippen LogP) is 7.84. The number of benzene rings is 3. The molecule has 0 saturated carbocycles. The fraction of sp³-hybridized carbons (Fsp3) is 0.121. The number of carbonyl (C=O) groups is 3. The van der Waals surface area contributed by atoms with Crippen molar-refractivity contribution >= 4 is 24.0 Å². The van der Waals surface area contributed by atoms with Crippen molar-refractivity contribution in [2.45, 2.75) is 24.4 Å².